The molecule has 2 rings (SSSR count). The number of nitrogens with one attached hydrogen (secondary N) is 1. The molecule has 0 saturated heterocycles. The largest absolute Gasteiger partial charge is 0.354 e. The summed E-state index contributed by atoms with van der Waals surface area (Å²) in [5.41, 5.74) is 2.44. The Hall–Kier alpha value is -1.84. The monoisotopic (exact) mass is 203 g/mol. The highest BCUT2D eigenvalue weighted by Gasteiger charge is 2.13. The van der Waals surface area contributed by atoms with E-state index in [0.29, 0.717) is 5.69 Å². The van der Waals surface area contributed by atoms with Crippen molar-refractivity contribution in [1.82, 2.24) is 14.9 Å². The van der Waals surface area contributed by atoms with Crippen molar-refractivity contribution in [2.45, 2.75) is 6.92 Å². The molecule has 78 valence electrons. The zero-order chi connectivity index (χ0) is 11.0. The minimum atomic E-state index is -0.151. The molecule has 0 unspecified atom stereocenters. The molecule has 0 aromatic carbocycles. The summed E-state index contributed by atoms with van der Waals surface area (Å²) in [6.45, 7) is 1.99. The van der Waals surface area contributed by atoms with E-state index < -0.39 is 0 Å². The molecule has 2 aromatic heterocycles. The third-order valence-electron chi connectivity index (χ3n) is 2.55. The highest BCUT2D eigenvalue weighted by Crippen LogP contribution is 2.20. The molecule has 0 aliphatic rings. The number of hydrogen-bond donors (Lipinski definition) is 1. The minimum Gasteiger partial charge on any atom is -0.354 e. The molecule has 2 heterocycles. The van der Waals surface area contributed by atoms with Crippen LogP contribution in [0.3, 0.4) is 0 Å². The smallest absolute Gasteiger partial charge is 0.271 e. The molecule has 0 radical (unpaired) electrons. The first-order valence-electron chi connectivity index (χ1n) is 4.78. The molecule has 0 saturated carbocycles. The van der Waals surface area contributed by atoms with E-state index in [4.69, 9.17) is 0 Å². The summed E-state index contributed by atoms with van der Waals surface area (Å²) < 4.78 is 1.92. The molecule has 0 atom stereocenters. The molecule has 15 heavy (non-hydrogen) atoms. The van der Waals surface area contributed by atoms with Crippen molar-refractivity contribution in [3.05, 3.63) is 29.7 Å². The van der Waals surface area contributed by atoms with Gasteiger partial charge in [-0.25, -0.2) is 4.98 Å². The number of rotatable bonds is 1. The number of nitrogens with zero attached hydrogens (tertiary/aromatic N) is 2. The van der Waals surface area contributed by atoms with E-state index in [2.05, 4.69) is 10.3 Å². The van der Waals surface area contributed by atoms with Crippen molar-refractivity contribution >= 4 is 16.8 Å². The van der Waals surface area contributed by atoms with E-state index in [-0.39, 0.29) is 5.91 Å². The quantitative estimate of drug-likeness (QED) is 0.758. The van der Waals surface area contributed by atoms with Crippen LogP contribution in [0.25, 0.3) is 10.9 Å². The third-order valence-corrected chi connectivity index (χ3v) is 2.55. The lowest BCUT2D eigenvalue weighted by molar-refractivity contribution is 0.0959. The van der Waals surface area contributed by atoms with Crippen LogP contribution in [0.5, 0.6) is 0 Å². The van der Waals surface area contributed by atoms with Gasteiger partial charge in [-0.1, -0.05) is 0 Å². The van der Waals surface area contributed by atoms with E-state index in [1.807, 2.05) is 30.8 Å². The fourth-order valence-electron chi connectivity index (χ4n) is 1.72. The van der Waals surface area contributed by atoms with Gasteiger partial charge < -0.3 is 9.88 Å². The summed E-state index contributed by atoms with van der Waals surface area (Å²) in [4.78, 5) is 15.8. The Bertz CT molecular complexity index is 528. The Morgan fingerprint density at radius 1 is 1.53 bits per heavy atom. The summed E-state index contributed by atoms with van der Waals surface area (Å²) in [7, 11) is 3.52. The van der Waals surface area contributed by atoms with Gasteiger partial charge in [0.2, 0.25) is 0 Å². The fraction of sp³-hybridized carbons (Fsp3) is 0.273. The van der Waals surface area contributed by atoms with E-state index in [0.717, 1.165) is 16.5 Å². The summed E-state index contributed by atoms with van der Waals surface area (Å²) in [6, 6.07) is 2.00. The standard InChI is InChI=1S/C11H13N3O/c1-7-6-13-9(11(15)12-2)10-8(7)4-5-14(10)3/h4-6H,1-3H3,(H,12,15). The van der Waals surface area contributed by atoms with Gasteiger partial charge in [0.25, 0.3) is 5.91 Å². The molecule has 0 aliphatic heterocycles. The molecule has 4 nitrogen and oxygen atoms in total. The fourth-order valence-corrected chi connectivity index (χ4v) is 1.72. The number of pyridine rings is 1. The molecule has 0 aliphatic carbocycles. The van der Waals surface area contributed by atoms with Crippen LogP contribution in [0.4, 0.5) is 0 Å². The molecule has 1 amide bonds. The third kappa shape index (κ3) is 1.38. The molecule has 1 N–H and O–H groups in total. The Morgan fingerprint density at radius 2 is 2.27 bits per heavy atom. The maximum absolute atomic E-state index is 11.6. The molecule has 2 aromatic rings. The minimum absolute atomic E-state index is 0.151. The number of carbonyl (C=O) groups is 1. The van der Waals surface area contributed by atoms with Crippen LogP contribution in [0.2, 0.25) is 0 Å². The summed E-state index contributed by atoms with van der Waals surface area (Å²) >= 11 is 0. The SMILES string of the molecule is CNC(=O)c1ncc(C)c2ccn(C)c12. The number of aryl methyl sites for hydroxylation is 2. The van der Waals surface area contributed by atoms with Gasteiger partial charge in [0, 0.05) is 31.9 Å². The zero-order valence-corrected chi connectivity index (χ0v) is 9.03. The molecule has 4 heteroatoms. The Balaban J connectivity index is 2.81. The maximum atomic E-state index is 11.6. The van der Waals surface area contributed by atoms with Crippen LogP contribution in [-0.2, 0) is 7.05 Å². The lowest BCUT2D eigenvalue weighted by atomic mass is 10.1. The highest BCUT2D eigenvalue weighted by atomic mass is 16.1. The van der Waals surface area contributed by atoms with Crippen molar-refractivity contribution in [1.29, 1.82) is 0 Å². The maximum Gasteiger partial charge on any atom is 0.271 e. The molecule has 0 spiro atoms. The Kier molecular flexibility index (Phi) is 2.19. The molecule has 0 bridgehead atoms. The normalized spacial score (nSPS) is 10.6. The van der Waals surface area contributed by atoms with Crippen molar-refractivity contribution in [2.24, 2.45) is 7.05 Å². The predicted molar refractivity (Wildman–Crippen MR) is 58.8 cm³/mol. The van der Waals surface area contributed by atoms with Gasteiger partial charge in [-0.3, -0.25) is 4.79 Å². The number of aromatic nitrogens is 2. The number of amides is 1. The lowest BCUT2D eigenvalue weighted by Crippen LogP contribution is -2.20. The zero-order valence-electron chi connectivity index (χ0n) is 9.03. The van der Waals surface area contributed by atoms with Crippen LogP contribution < -0.4 is 5.32 Å². The first-order chi connectivity index (χ1) is 7.15. The first-order valence-corrected chi connectivity index (χ1v) is 4.78. The average molecular weight is 203 g/mol. The van der Waals surface area contributed by atoms with Gasteiger partial charge in [-0.15, -0.1) is 0 Å². The van der Waals surface area contributed by atoms with Crippen LogP contribution >= 0.6 is 0 Å². The van der Waals surface area contributed by atoms with E-state index >= 15 is 0 Å². The Labute approximate surface area is 87.9 Å². The van der Waals surface area contributed by atoms with Gasteiger partial charge in [-0.05, 0) is 18.6 Å². The van der Waals surface area contributed by atoms with Gasteiger partial charge in [0.1, 0.15) is 0 Å². The van der Waals surface area contributed by atoms with E-state index in [9.17, 15) is 4.79 Å². The van der Waals surface area contributed by atoms with E-state index in [1.165, 1.54) is 0 Å². The van der Waals surface area contributed by atoms with Crippen molar-refractivity contribution in [2.75, 3.05) is 7.05 Å². The van der Waals surface area contributed by atoms with Gasteiger partial charge in [-0.2, -0.15) is 0 Å². The number of carbonyl (C=O) groups excluding carboxylic acids is 1. The topological polar surface area (TPSA) is 46.9 Å². The van der Waals surface area contributed by atoms with Crippen LogP contribution in [-0.4, -0.2) is 22.5 Å². The van der Waals surface area contributed by atoms with Crippen LogP contribution in [0.1, 0.15) is 16.1 Å². The predicted octanol–water partition coefficient (Wildman–Crippen LogP) is 1.24. The van der Waals surface area contributed by atoms with Crippen molar-refractivity contribution in [3.63, 3.8) is 0 Å². The van der Waals surface area contributed by atoms with Gasteiger partial charge >= 0.3 is 0 Å². The van der Waals surface area contributed by atoms with Crippen LogP contribution in [0.15, 0.2) is 18.5 Å². The molecular weight excluding hydrogens is 190 g/mol. The van der Waals surface area contributed by atoms with E-state index in [1.54, 1.807) is 13.2 Å². The molecule has 0 fully saturated rings. The lowest BCUT2D eigenvalue weighted by Gasteiger charge is -2.05. The number of fused-ring (bicyclic) bond motifs is 1. The summed E-state index contributed by atoms with van der Waals surface area (Å²) in [5.74, 6) is -0.151. The van der Waals surface area contributed by atoms with Crippen molar-refractivity contribution in [3.8, 4) is 0 Å². The van der Waals surface area contributed by atoms with Gasteiger partial charge in [0.15, 0.2) is 5.69 Å². The molecular formula is C11H13N3O. The second kappa shape index (κ2) is 3.38. The summed E-state index contributed by atoms with van der Waals surface area (Å²) in [5, 5.41) is 3.67. The first kappa shape index (κ1) is 9.71. The average Bonchev–Trinajstić information content (AvgIpc) is 2.62. The highest BCUT2D eigenvalue weighted by molar-refractivity contribution is 6.04. The van der Waals surface area contributed by atoms with Crippen molar-refractivity contribution < 1.29 is 4.79 Å². The van der Waals surface area contributed by atoms with Crippen LogP contribution in [0, 0.1) is 6.92 Å². The second-order valence-electron chi connectivity index (χ2n) is 3.56. The Morgan fingerprint density at radius 3 is 2.93 bits per heavy atom. The summed E-state index contributed by atoms with van der Waals surface area (Å²) in [6.07, 6.45) is 3.67. The van der Waals surface area contributed by atoms with Gasteiger partial charge in [0.05, 0.1) is 5.52 Å². The second-order valence-corrected chi connectivity index (χ2v) is 3.56. The number of hydrogen-bond acceptors (Lipinski definition) is 2.